The van der Waals surface area contributed by atoms with Crippen molar-refractivity contribution in [1.29, 1.82) is 0 Å². The van der Waals surface area contributed by atoms with Gasteiger partial charge in [0.2, 0.25) is 5.91 Å². The number of hydrazine groups is 1. The van der Waals surface area contributed by atoms with Crippen LogP contribution in [0.25, 0.3) is 0 Å². The van der Waals surface area contributed by atoms with Crippen molar-refractivity contribution in [1.82, 2.24) is 10.9 Å². The van der Waals surface area contributed by atoms with E-state index < -0.39 is 17.8 Å². The van der Waals surface area contributed by atoms with E-state index in [9.17, 15) is 22.8 Å². The number of benzene rings is 2. The first-order chi connectivity index (χ1) is 12.8. The van der Waals surface area contributed by atoms with Crippen LogP contribution in [0.4, 0.5) is 23.7 Å². The molecule has 1 fully saturated rings. The first-order valence-electron chi connectivity index (χ1n) is 8.35. The number of halogens is 3. The van der Waals surface area contributed by atoms with E-state index >= 15 is 0 Å². The van der Waals surface area contributed by atoms with Gasteiger partial charge in [-0.05, 0) is 37.0 Å². The highest BCUT2D eigenvalue weighted by Gasteiger charge is 2.44. The summed E-state index contributed by atoms with van der Waals surface area (Å²) in [6.07, 6.45) is -3.93. The van der Waals surface area contributed by atoms with E-state index in [-0.39, 0.29) is 23.4 Å². The van der Waals surface area contributed by atoms with Crippen molar-refractivity contribution in [3.63, 3.8) is 0 Å². The van der Waals surface area contributed by atoms with Crippen LogP contribution in [0.2, 0.25) is 0 Å². The predicted octanol–water partition coefficient (Wildman–Crippen LogP) is 3.97. The van der Waals surface area contributed by atoms with E-state index in [1.54, 1.807) is 0 Å². The third kappa shape index (κ3) is 4.58. The van der Waals surface area contributed by atoms with Crippen LogP contribution in [-0.2, 0) is 11.0 Å². The van der Waals surface area contributed by atoms with Gasteiger partial charge in [0.15, 0.2) is 0 Å². The molecule has 142 valence electrons. The highest BCUT2D eigenvalue weighted by atomic mass is 19.4. The molecule has 3 N–H and O–H groups in total. The second-order valence-electron chi connectivity index (χ2n) is 6.47. The molecule has 2 atom stereocenters. The van der Waals surface area contributed by atoms with Crippen LogP contribution < -0.4 is 16.2 Å². The van der Waals surface area contributed by atoms with Crippen molar-refractivity contribution in [2.45, 2.75) is 25.4 Å². The molecule has 0 aliphatic heterocycles. The van der Waals surface area contributed by atoms with Gasteiger partial charge in [0.05, 0.1) is 11.3 Å². The Balaban J connectivity index is 1.52. The lowest BCUT2D eigenvalue weighted by atomic mass is 10.1. The van der Waals surface area contributed by atoms with Crippen LogP contribution in [0, 0.1) is 12.8 Å². The van der Waals surface area contributed by atoms with Crippen LogP contribution in [0.1, 0.15) is 29.0 Å². The molecule has 0 bridgehead atoms. The van der Waals surface area contributed by atoms with Gasteiger partial charge in [-0.2, -0.15) is 13.2 Å². The van der Waals surface area contributed by atoms with Crippen molar-refractivity contribution < 1.29 is 22.8 Å². The number of amides is 3. The largest absolute Gasteiger partial charge is 0.418 e. The SMILES string of the molecule is Cc1ccc([C@@H]2C[C@H]2C(=O)NNC(=O)Nc2ccccc2C(F)(F)F)cc1. The van der Waals surface area contributed by atoms with Gasteiger partial charge < -0.3 is 5.32 Å². The number of hydrogen-bond donors (Lipinski definition) is 3. The van der Waals surface area contributed by atoms with Crippen LogP contribution >= 0.6 is 0 Å². The number of alkyl halides is 3. The third-order valence-corrected chi connectivity index (χ3v) is 4.41. The zero-order chi connectivity index (χ0) is 19.6. The topological polar surface area (TPSA) is 70.2 Å². The van der Waals surface area contributed by atoms with Gasteiger partial charge in [0.25, 0.3) is 0 Å². The lowest BCUT2D eigenvalue weighted by molar-refractivity contribution is -0.137. The monoisotopic (exact) mass is 377 g/mol. The second-order valence-corrected chi connectivity index (χ2v) is 6.47. The summed E-state index contributed by atoms with van der Waals surface area (Å²) >= 11 is 0. The van der Waals surface area contributed by atoms with E-state index in [4.69, 9.17) is 0 Å². The molecule has 3 amide bonds. The zero-order valence-corrected chi connectivity index (χ0v) is 14.4. The number of nitrogens with one attached hydrogen (secondary N) is 3. The fourth-order valence-electron chi connectivity index (χ4n) is 2.87. The fourth-order valence-corrected chi connectivity index (χ4v) is 2.87. The highest BCUT2D eigenvalue weighted by molar-refractivity contribution is 5.92. The normalized spacial score (nSPS) is 18.5. The minimum atomic E-state index is -4.59. The summed E-state index contributed by atoms with van der Waals surface area (Å²) in [5.41, 5.74) is 5.16. The van der Waals surface area contributed by atoms with E-state index in [2.05, 4.69) is 16.2 Å². The third-order valence-electron chi connectivity index (χ3n) is 4.41. The van der Waals surface area contributed by atoms with Gasteiger partial charge in [-0.25, -0.2) is 10.2 Å². The molecule has 0 heterocycles. The average molecular weight is 377 g/mol. The first kappa shape index (κ1) is 18.8. The molecular formula is C19H18F3N3O2. The van der Waals surface area contributed by atoms with Gasteiger partial charge in [-0.1, -0.05) is 42.0 Å². The molecule has 2 aromatic carbocycles. The fraction of sp³-hybridized carbons (Fsp3) is 0.263. The molecule has 1 aliphatic carbocycles. The number of carbonyl (C=O) groups excluding carboxylic acids is 2. The zero-order valence-electron chi connectivity index (χ0n) is 14.4. The smallest absolute Gasteiger partial charge is 0.306 e. The standard InChI is InChI=1S/C19H18F3N3O2/c1-11-6-8-12(9-7-11)13-10-14(13)17(26)24-25-18(27)23-16-5-3-2-4-15(16)19(20,21)22/h2-9,13-14H,10H2,1H3,(H,24,26)(H2,23,25,27)/t13-,14+/m0/s1. The molecule has 8 heteroatoms. The molecular weight excluding hydrogens is 359 g/mol. The number of hydrogen-bond acceptors (Lipinski definition) is 2. The van der Waals surface area contributed by atoms with Gasteiger partial charge >= 0.3 is 12.2 Å². The Morgan fingerprint density at radius 3 is 2.33 bits per heavy atom. The second kappa shape index (κ2) is 7.30. The molecule has 0 unspecified atom stereocenters. The van der Waals surface area contributed by atoms with Crippen LogP contribution in [0.15, 0.2) is 48.5 Å². The van der Waals surface area contributed by atoms with Crippen LogP contribution in [0.3, 0.4) is 0 Å². The van der Waals surface area contributed by atoms with E-state index in [1.807, 2.05) is 31.2 Å². The van der Waals surface area contributed by atoms with Crippen molar-refractivity contribution in [3.8, 4) is 0 Å². The van der Waals surface area contributed by atoms with Crippen LogP contribution in [0.5, 0.6) is 0 Å². The van der Waals surface area contributed by atoms with Gasteiger partial charge in [0, 0.05) is 5.92 Å². The van der Waals surface area contributed by atoms with E-state index in [1.165, 1.54) is 12.1 Å². The molecule has 27 heavy (non-hydrogen) atoms. The van der Waals surface area contributed by atoms with Crippen LogP contribution in [-0.4, -0.2) is 11.9 Å². The van der Waals surface area contributed by atoms with Gasteiger partial charge in [-0.15, -0.1) is 0 Å². The first-order valence-corrected chi connectivity index (χ1v) is 8.35. The Bertz CT molecular complexity index is 850. The summed E-state index contributed by atoms with van der Waals surface area (Å²) < 4.78 is 38.7. The minimum Gasteiger partial charge on any atom is -0.306 e. The number of anilines is 1. The number of carbonyl (C=O) groups is 2. The Morgan fingerprint density at radius 1 is 1.00 bits per heavy atom. The van der Waals surface area contributed by atoms with Gasteiger partial charge in [0.1, 0.15) is 0 Å². The minimum absolute atomic E-state index is 0.0846. The quantitative estimate of drug-likeness (QED) is 0.709. The molecule has 0 aromatic heterocycles. The summed E-state index contributed by atoms with van der Waals surface area (Å²) in [4.78, 5) is 23.9. The van der Waals surface area contributed by atoms with Crippen molar-refractivity contribution in [2.75, 3.05) is 5.32 Å². The maximum atomic E-state index is 12.9. The Morgan fingerprint density at radius 2 is 1.67 bits per heavy atom. The predicted molar refractivity (Wildman–Crippen MR) is 93.8 cm³/mol. The van der Waals surface area contributed by atoms with Gasteiger partial charge in [-0.3, -0.25) is 10.2 Å². The Hall–Kier alpha value is -3.03. The number of aryl methyl sites for hydroxylation is 1. The lowest BCUT2D eigenvalue weighted by Gasteiger charge is -2.14. The summed E-state index contributed by atoms with van der Waals surface area (Å²) in [7, 11) is 0. The molecule has 2 aromatic rings. The van der Waals surface area contributed by atoms with E-state index in [0.29, 0.717) is 6.42 Å². The highest BCUT2D eigenvalue weighted by Crippen LogP contribution is 2.47. The molecule has 1 saturated carbocycles. The number of urea groups is 1. The molecule has 3 rings (SSSR count). The maximum absolute atomic E-state index is 12.9. The molecule has 0 saturated heterocycles. The summed E-state index contributed by atoms with van der Waals surface area (Å²) in [6.45, 7) is 1.97. The Kier molecular flexibility index (Phi) is 5.07. The maximum Gasteiger partial charge on any atom is 0.418 e. The van der Waals surface area contributed by atoms with Crippen molar-refractivity contribution in [2.24, 2.45) is 5.92 Å². The molecule has 0 spiro atoms. The lowest BCUT2D eigenvalue weighted by Crippen LogP contribution is -2.44. The summed E-state index contributed by atoms with van der Waals surface area (Å²) in [5, 5.41) is 2.10. The molecule has 0 radical (unpaired) electrons. The Labute approximate surface area is 153 Å². The molecule has 1 aliphatic rings. The van der Waals surface area contributed by atoms with E-state index in [0.717, 1.165) is 23.3 Å². The number of para-hydroxylation sites is 1. The average Bonchev–Trinajstić information content (AvgIpc) is 3.41. The van der Waals surface area contributed by atoms with Crippen molar-refractivity contribution in [3.05, 3.63) is 65.2 Å². The summed E-state index contributed by atoms with van der Waals surface area (Å²) in [5.74, 6) is -0.559. The number of rotatable bonds is 3. The summed E-state index contributed by atoms with van der Waals surface area (Å²) in [6, 6.07) is 11.5. The van der Waals surface area contributed by atoms with Crippen molar-refractivity contribution >= 4 is 17.6 Å². The molecule has 5 nitrogen and oxygen atoms in total.